The first kappa shape index (κ1) is 10.0. The van der Waals surface area contributed by atoms with Crippen molar-refractivity contribution in [1.82, 2.24) is 0 Å². The molecule has 2 aliphatic rings. The fraction of sp³-hybridized carbons (Fsp3) is 0.714. The second-order valence-electron chi connectivity index (χ2n) is 5.12. The van der Waals surface area contributed by atoms with Gasteiger partial charge in [-0.3, -0.25) is 0 Å². The standard InChI is InChI=1S/C14H22/c1-4-13-11(3)6-7-12-9-10(2)5-8-14(12)13/h6-7,9-11,13-14H,4-5,8H2,1-3H3/t10-,11?,13?,14?/m1/s1. The van der Waals surface area contributed by atoms with Gasteiger partial charge < -0.3 is 0 Å². The molecule has 3 unspecified atom stereocenters. The van der Waals surface area contributed by atoms with E-state index in [1.54, 1.807) is 5.57 Å². The van der Waals surface area contributed by atoms with Crippen molar-refractivity contribution in [2.45, 2.75) is 40.0 Å². The summed E-state index contributed by atoms with van der Waals surface area (Å²) in [6, 6.07) is 0. The van der Waals surface area contributed by atoms with Gasteiger partial charge >= 0.3 is 0 Å². The highest BCUT2D eigenvalue weighted by atomic mass is 14.4. The third kappa shape index (κ3) is 1.67. The quantitative estimate of drug-likeness (QED) is 0.581. The topological polar surface area (TPSA) is 0 Å². The molecule has 0 saturated heterocycles. The third-order valence-corrected chi connectivity index (χ3v) is 4.09. The molecule has 0 aliphatic heterocycles. The summed E-state index contributed by atoms with van der Waals surface area (Å²) >= 11 is 0. The van der Waals surface area contributed by atoms with Crippen molar-refractivity contribution in [2.24, 2.45) is 23.7 Å². The molecule has 0 heterocycles. The second kappa shape index (κ2) is 3.92. The smallest absolute Gasteiger partial charge is 0.0131 e. The van der Waals surface area contributed by atoms with Crippen molar-refractivity contribution < 1.29 is 0 Å². The Bertz CT molecular complexity index is 259. The maximum Gasteiger partial charge on any atom is -0.0131 e. The van der Waals surface area contributed by atoms with Gasteiger partial charge in [-0.25, -0.2) is 0 Å². The summed E-state index contributed by atoms with van der Waals surface area (Å²) in [5.74, 6) is 3.36. The highest BCUT2D eigenvalue weighted by Gasteiger charge is 2.31. The SMILES string of the molecule is CCC1C(C)C=CC2=C[C@H](C)CCC21. The molecule has 0 radical (unpaired) electrons. The minimum Gasteiger partial charge on any atom is -0.0811 e. The highest BCUT2D eigenvalue weighted by Crippen LogP contribution is 2.42. The van der Waals surface area contributed by atoms with Crippen LogP contribution in [0, 0.1) is 23.7 Å². The Kier molecular flexibility index (Phi) is 2.80. The third-order valence-electron chi connectivity index (χ3n) is 4.09. The fourth-order valence-corrected chi connectivity index (χ4v) is 3.21. The summed E-state index contributed by atoms with van der Waals surface area (Å²) in [6.07, 6.45) is 11.4. The molecule has 0 nitrogen and oxygen atoms in total. The normalized spacial score (nSPS) is 41.8. The van der Waals surface area contributed by atoms with Crippen LogP contribution in [0.5, 0.6) is 0 Å². The van der Waals surface area contributed by atoms with Crippen LogP contribution in [0.4, 0.5) is 0 Å². The van der Waals surface area contributed by atoms with E-state index in [4.69, 9.17) is 0 Å². The first-order valence-corrected chi connectivity index (χ1v) is 6.12. The van der Waals surface area contributed by atoms with Crippen molar-refractivity contribution >= 4 is 0 Å². The van der Waals surface area contributed by atoms with E-state index in [9.17, 15) is 0 Å². The summed E-state index contributed by atoms with van der Waals surface area (Å²) < 4.78 is 0. The molecule has 0 aromatic carbocycles. The van der Waals surface area contributed by atoms with Gasteiger partial charge in [-0.05, 0) is 42.1 Å². The molecular weight excluding hydrogens is 168 g/mol. The van der Waals surface area contributed by atoms with Crippen LogP contribution in [0.2, 0.25) is 0 Å². The van der Waals surface area contributed by atoms with Crippen LogP contribution >= 0.6 is 0 Å². The van der Waals surface area contributed by atoms with Gasteiger partial charge in [0.15, 0.2) is 0 Å². The molecule has 0 spiro atoms. The monoisotopic (exact) mass is 190 g/mol. The number of allylic oxidation sites excluding steroid dienone is 4. The van der Waals surface area contributed by atoms with Gasteiger partial charge in [-0.1, -0.05) is 45.4 Å². The van der Waals surface area contributed by atoms with Crippen LogP contribution in [0.1, 0.15) is 40.0 Å². The average molecular weight is 190 g/mol. The molecule has 0 heteroatoms. The lowest BCUT2D eigenvalue weighted by Crippen LogP contribution is -2.27. The zero-order valence-electron chi connectivity index (χ0n) is 9.66. The van der Waals surface area contributed by atoms with Crippen molar-refractivity contribution in [3.63, 3.8) is 0 Å². The molecular formula is C14H22. The van der Waals surface area contributed by atoms with E-state index in [0.717, 1.165) is 23.7 Å². The Morgan fingerprint density at radius 1 is 1.29 bits per heavy atom. The largest absolute Gasteiger partial charge is 0.0811 e. The Labute approximate surface area is 88.1 Å². The second-order valence-corrected chi connectivity index (χ2v) is 5.12. The van der Waals surface area contributed by atoms with Gasteiger partial charge in [0, 0.05) is 0 Å². The summed E-state index contributed by atoms with van der Waals surface area (Å²) in [6.45, 7) is 7.06. The van der Waals surface area contributed by atoms with Crippen molar-refractivity contribution in [2.75, 3.05) is 0 Å². The summed E-state index contributed by atoms with van der Waals surface area (Å²) in [4.78, 5) is 0. The van der Waals surface area contributed by atoms with Crippen LogP contribution < -0.4 is 0 Å². The van der Waals surface area contributed by atoms with Crippen LogP contribution in [0.15, 0.2) is 23.8 Å². The minimum absolute atomic E-state index is 0.788. The van der Waals surface area contributed by atoms with E-state index < -0.39 is 0 Å². The molecule has 0 amide bonds. The van der Waals surface area contributed by atoms with E-state index in [-0.39, 0.29) is 0 Å². The zero-order valence-corrected chi connectivity index (χ0v) is 9.66. The predicted octanol–water partition coefficient (Wildman–Crippen LogP) is 4.19. The zero-order chi connectivity index (χ0) is 10.1. The number of fused-ring (bicyclic) bond motifs is 1. The molecule has 2 rings (SSSR count). The molecule has 0 aromatic heterocycles. The summed E-state index contributed by atoms with van der Waals surface area (Å²) in [5, 5.41) is 0. The molecule has 0 bridgehead atoms. The van der Waals surface area contributed by atoms with Gasteiger partial charge in [0.2, 0.25) is 0 Å². The van der Waals surface area contributed by atoms with Crippen molar-refractivity contribution in [3.8, 4) is 0 Å². The number of hydrogen-bond acceptors (Lipinski definition) is 0. The number of rotatable bonds is 1. The summed E-state index contributed by atoms with van der Waals surface area (Å²) in [5.41, 5.74) is 1.63. The van der Waals surface area contributed by atoms with E-state index in [0.29, 0.717) is 0 Å². The van der Waals surface area contributed by atoms with Gasteiger partial charge in [0.1, 0.15) is 0 Å². The van der Waals surface area contributed by atoms with Crippen molar-refractivity contribution in [3.05, 3.63) is 23.8 Å². The van der Waals surface area contributed by atoms with Crippen LogP contribution in [-0.2, 0) is 0 Å². The van der Waals surface area contributed by atoms with Gasteiger partial charge in [0.25, 0.3) is 0 Å². The molecule has 14 heavy (non-hydrogen) atoms. The Hall–Kier alpha value is -0.520. The predicted molar refractivity (Wildman–Crippen MR) is 62.1 cm³/mol. The highest BCUT2D eigenvalue weighted by molar-refractivity contribution is 5.29. The fourth-order valence-electron chi connectivity index (χ4n) is 3.21. The van der Waals surface area contributed by atoms with Gasteiger partial charge in [0.05, 0.1) is 0 Å². The van der Waals surface area contributed by atoms with Crippen LogP contribution in [0.25, 0.3) is 0 Å². The van der Waals surface area contributed by atoms with Crippen LogP contribution in [-0.4, -0.2) is 0 Å². The molecule has 78 valence electrons. The molecule has 4 atom stereocenters. The van der Waals surface area contributed by atoms with Crippen LogP contribution in [0.3, 0.4) is 0 Å². The minimum atomic E-state index is 0.788. The first-order chi connectivity index (χ1) is 6.72. The van der Waals surface area contributed by atoms with Gasteiger partial charge in [-0.15, -0.1) is 0 Å². The van der Waals surface area contributed by atoms with E-state index >= 15 is 0 Å². The average Bonchev–Trinajstić information content (AvgIpc) is 2.18. The molecule has 0 saturated carbocycles. The lowest BCUT2D eigenvalue weighted by molar-refractivity contribution is 0.257. The van der Waals surface area contributed by atoms with E-state index in [2.05, 4.69) is 39.0 Å². The first-order valence-electron chi connectivity index (χ1n) is 6.12. The van der Waals surface area contributed by atoms with Gasteiger partial charge in [-0.2, -0.15) is 0 Å². The Morgan fingerprint density at radius 3 is 2.79 bits per heavy atom. The lowest BCUT2D eigenvalue weighted by atomic mass is 9.67. The Balaban J connectivity index is 2.26. The molecule has 2 aliphatic carbocycles. The molecule has 0 N–H and O–H groups in total. The molecule has 0 aromatic rings. The van der Waals surface area contributed by atoms with E-state index in [1.807, 2.05) is 0 Å². The Morgan fingerprint density at radius 2 is 2.07 bits per heavy atom. The van der Waals surface area contributed by atoms with Crippen molar-refractivity contribution in [1.29, 1.82) is 0 Å². The number of hydrogen-bond donors (Lipinski definition) is 0. The lowest BCUT2D eigenvalue weighted by Gasteiger charge is -2.38. The maximum atomic E-state index is 2.50. The molecule has 0 fully saturated rings. The summed E-state index contributed by atoms with van der Waals surface area (Å²) in [7, 11) is 0. The maximum absolute atomic E-state index is 2.50. The van der Waals surface area contributed by atoms with E-state index in [1.165, 1.54) is 19.3 Å².